The molecule has 0 radical (unpaired) electrons. The second-order valence-electron chi connectivity index (χ2n) is 0.492. The van der Waals surface area contributed by atoms with E-state index in [4.69, 9.17) is 9.90 Å². The van der Waals surface area contributed by atoms with Crippen molar-refractivity contribution < 1.29 is 106 Å². The molecular formula is C2H13CsO7. The van der Waals surface area contributed by atoms with E-state index in [-0.39, 0.29) is 96.3 Å². The maximum atomic E-state index is 8.89. The Balaban J connectivity index is -0.00000000300. The molecule has 8 heteroatoms. The minimum atomic E-state index is -1.08. The third kappa shape index (κ3) is 369. The summed E-state index contributed by atoms with van der Waals surface area (Å²) in [6.45, 7) is 0.972. The summed E-state index contributed by atoms with van der Waals surface area (Å²) in [5, 5.41) is 8.89. The second-order valence-corrected chi connectivity index (χ2v) is 0.492. The Morgan fingerprint density at radius 2 is 1.00 bits per heavy atom. The molecule has 0 amide bonds. The van der Waals surface area contributed by atoms with Crippen LogP contribution in [0, 0.1) is 0 Å². The van der Waals surface area contributed by atoms with Crippen LogP contribution in [0.2, 0.25) is 0 Å². The molecule has 0 aromatic heterocycles. The largest absolute Gasteiger partial charge is 1.00 e. The topological polar surface area (TPSA) is 198 Å². The Morgan fingerprint density at radius 1 is 1.00 bits per heavy atom. The van der Waals surface area contributed by atoms with Gasteiger partial charge in [-0.1, -0.05) is 0 Å². The van der Waals surface area contributed by atoms with Crippen molar-refractivity contribution in [2.75, 3.05) is 0 Å². The summed E-state index contributed by atoms with van der Waals surface area (Å²) in [4.78, 5) is 8.89. The molecule has 10 N–H and O–H groups in total. The third-order valence-electron chi connectivity index (χ3n) is 0. The maximum Gasteiger partial charge on any atom is 1.00 e. The van der Waals surface area contributed by atoms with E-state index in [2.05, 4.69) is 0 Å². The van der Waals surface area contributed by atoms with E-state index in [0.29, 0.717) is 0 Å². The molecule has 0 atom stereocenters. The fourth-order valence-electron chi connectivity index (χ4n) is 0. The Hall–Kier alpha value is 1.32. The zero-order valence-corrected chi connectivity index (χ0v) is 12.1. The minimum Gasteiger partial charge on any atom is -0.550 e. The quantitative estimate of drug-likeness (QED) is 0.425. The van der Waals surface area contributed by atoms with Crippen LogP contribution in [0.3, 0.4) is 0 Å². The van der Waals surface area contributed by atoms with Gasteiger partial charge in [0.15, 0.2) is 0 Å². The molecule has 0 aliphatic heterocycles. The number of carbonyl (C=O) groups excluding carboxylic acids is 1. The van der Waals surface area contributed by atoms with Crippen molar-refractivity contribution in [2.45, 2.75) is 6.92 Å². The molecule has 7 nitrogen and oxygen atoms in total. The number of rotatable bonds is 0. The summed E-state index contributed by atoms with van der Waals surface area (Å²) in [6, 6.07) is 0. The molecule has 0 rings (SSSR count). The third-order valence-corrected chi connectivity index (χ3v) is 0. The van der Waals surface area contributed by atoms with Crippen molar-refractivity contribution >= 4 is 5.97 Å². The predicted molar refractivity (Wildman–Crippen MR) is 28.8 cm³/mol. The first-order chi connectivity index (χ1) is 1.73. The molecule has 0 bridgehead atoms. The number of aliphatic carboxylic acids is 1. The zero-order chi connectivity index (χ0) is 3.58. The van der Waals surface area contributed by atoms with Crippen molar-refractivity contribution in [1.29, 1.82) is 0 Å². The Labute approximate surface area is 117 Å². The van der Waals surface area contributed by atoms with E-state index in [9.17, 15) is 0 Å². The van der Waals surface area contributed by atoms with E-state index >= 15 is 0 Å². The number of hydrogen-bond donors (Lipinski definition) is 0. The average molecular weight is 282 g/mol. The van der Waals surface area contributed by atoms with Crippen LogP contribution in [0.4, 0.5) is 0 Å². The molecule has 0 aromatic rings. The van der Waals surface area contributed by atoms with Gasteiger partial charge in [-0.2, -0.15) is 0 Å². The van der Waals surface area contributed by atoms with Crippen LogP contribution < -0.4 is 74.0 Å². The first-order valence-electron chi connectivity index (χ1n) is 0.908. The molecule has 0 heterocycles. The van der Waals surface area contributed by atoms with Gasteiger partial charge < -0.3 is 37.3 Å². The van der Waals surface area contributed by atoms with Gasteiger partial charge in [0.2, 0.25) is 0 Å². The van der Waals surface area contributed by atoms with E-state index in [0.717, 1.165) is 6.92 Å². The Morgan fingerprint density at radius 3 is 1.00 bits per heavy atom. The van der Waals surface area contributed by atoms with E-state index in [1.54, 1.807) is 0 Å². The van der Waals surface area contributed by atoms with Crippen LogP contribution in [0.1, 0.15) is 6.92 Å². The summed E-state index contributed by atoms with van der Waals surface area (Å²) in [5.74, 6) is -1.08. The molecule has 0 saturated carbocycles. The number of carboxylic acid groups (broad SMARTS) is 1. The number of carbonyl (C=O) groups is 1. The van der Waals surface area contributed by atoms with Crippen LogP contribution in [-0.4, -0.2) is 33.4 Å². The monoisotopic (exact) mass is 282 g/mol. The van der Waals surface area contributed by atoms with Crippen LogP contribution in [0.15, 0.2) is 0 Å². The van der Waals surface area contributed by atoms with Gasteiger partial charge in [0.25, 0.3) is 0 Å². The van der Waals surface area contributed by atoms with Gasteiger partial charge in [0.1, 0.15) is 0 Å². The molecular weight excluding hydrogens is 269 g/mol. The van der Waals surface area contributed by atoms with Crippen molar-refractivity contribution in [2.24, 2.45) is 0 Å². The number of hydrogen-bond acceptors (Lipinski definition) is 2. The van der Waals surface area contributed by atoms with Gasteiger partial charge in [-0.3, -0.25) is 0 Å². The first kappa shape index (κ1) is 64.6. The SMILES string of the molecule is CC(=O)[O-].O.O.O.O.O.[Cs+]. The average Bonchev–Trinajstić information content (AvgIpc) is 0.811. The molecule has 0 fully saturated rings. The van der Waals surface area contributed by atoms with Gasteiger partial charge in [-0.25, -0.2) is 0 Å². The Bertz CT molecular complexity index is 34.6. The van der Waals surface area contributed by atoms with Crippen LogP contribution in [0.25, 0.3) is 0 Å². The minimum absolute atomic E-state index is 0. The van der Waals surface area contributed by atoms with Crippen molar-refractivity contribution in [3.05, 3.63) is 0 Å². The second kappa shape index (κ2) is 48.0. The molecule has 10 heavy (non-hydrogen) atoms. The van der Waals surface area contributed by atoms with E-state index in [1.165, 1.54) is 0 Å². The molecule has 0 saturated heterocycles. The van der Waals surface area contributed by atoms with Crippen molar-refractivity contribution in [1.82, 2.24) is 0 Å². The van der Waals surface area contributed by atoms with Crippen molar-refractivity contribution in [3.8, 4) is 0 Å². The standard InChI is InChI=1S/C2H4O2.Cs.5H2O/c1-2(3)4;;;;;;/h1H3,(H,3,4);;5*1H2/q;+1;;;;;/p-1. The molecule has 64 valence electrons. The van der Waals surface area contributed by atoms with Crippen LogP contribution in [-0.2, 0) is 4.79 Å². The van der Waals surface area contributed by atoms with E-state index in [1.807, 2.05) is 0 Å². The zero-order valence-electron chi connectivity index (χ0n) is 5.82. The fraction of sp³-hybridized carbons (Fsp3) is 0.500. The van der Waals surface area contributed by atoms with Crippen molar-refractivity contribution in [3.63, 3.8) is 0 Å². The summed E-state index contributed by atoms with van der Waals surface area (Å²) >= 11 is 0. The van der Waals surface area contributed by atoms with Gasteiger partial charge in [-0.05, 0) is 6.92 Å². The number of carboxylic acids is 1. The molecule has 0 unspecified atom stereocenters. The maximum absolute atomic E-state index is 8.89. The van der Waals surface area contributed by atoms with Gasteiger partial charge >= 0.3 is 68.9 Å². The summed E-state index contributed by atoms with van der Waals surface area (Å²) in [6.07, 6.45) is 0. The Kier molecular flexibility index (Phi) is 310. The van der Waals surface area contributed by atoms with Gasteiger partial charge in [-0.15, -0.1) is 0 Å². The fourth-order valence-corrected chi connectivity index (χ4v) is 0. The first-order valence-corrected chi connectivity index (χ1v) is 0.908. The van der Waals surface area contributed by atoms with Crippen LogP contribution >= 0.6 is 0 Å². The summed E-state index contributed by atoms with van der Waals surface area (Å²) in [5.41, 5.74) is 0. The van der Waals surface area contributed by atoms with Gasteiger partial charge in [0, 0.05) is 5.97 Å². The summed E-state index contributed by atoms with van der Waals surface area (Å²) in [7, 11) is 0. The van der Waals surface area contributed by atoms with Crippen LogP contribution in [0.5, 0.6) is 0 Å². The van der Waals surface area contributed by atoms with Gasteiger partial charge in [0.05, 0.1) is 0 Å². The smallest absolute Gasteiger partial charge is 0.550 e. The van der Waals surface area contributed by atoms with E-state index < -0.39 is 5.97 Å². The normalized spacial score (nSPS) is 2.50. The molecule has 0 aromatic carbocycles. The summed E-state index contributed by atoms with van der Waals surface area (Å²) < 4.78 is 0. The molecule has 0 aliphatic carbocycles. The molecule has 0 aliphatic rings. The predicted octanol–water partition coefficient (Wildman–Crippen LogP) is -8.36. The molecule has 0 spiro atoms.